The Kier molecular flexibility index (Phi) is 9.76. The molecule has 0 spiro atoms. The van der Waals surface area contributed by atoms with Gasteiger partial charge in [-0.2, -0.15) is 0 Å². The lowest BCUT2D eigenvalue weighted by atomic mass is 9.50. The van der Waals surface area contributed by atoms with E-state index in [1.54, 1.807) is 11.1 Å². The van der Waals surface area contributed by atoms with E-state index in [-0.39, 0.29) is 0 Å². The van der Waals surface area contributed by atoms with Gasteiger partial charge < -0.3 is 4.42 Å². The first-order chi connectivity index (χ1) is 29.4. The number of fused-ring (bicyclic) bond motifs is 9. The summed E-state index contributed by atoms with van der Waals surface area (Å²) in [5.41, 5.74) is 16.0. The van der Waals surface area contributed by atoms with E-state index in [1.165, 1.54) is 159 Å². The van der Waals surface area contributed by atoms with Crippen LogP contribution in [0.1, 0.15) is 133 Å². The number of benzene rings is 6. The van der Waals surface area contributed by atoms with Crippen molar-refractivity contribution >= 4 is 37.9 Å². The predicted octanol–water partition coefficient (Wildman–Crippen LogP) is 17.5. The molecule has 0 radical (unpaired) electrons. The number of halogens is 1. The molecule has 0 aliphatic heterocycles. The van der Waals surface area contributed by atoms with Gasteiger partial charge in [-0.15, -0.1) is 0 Å². The third kappa shape index (κ3) is 6.72. The van der Waals surface area contributed by atoms with Crippen molar-refractivity contribution in [2.75, 3.05) is 0 Å². The van der Waals surface area contributed by atoms with Crippen LogP contribution in [0.4, 0.5) is 0 Å². The van der Waals surface area contributed by atoms with Gasteiger partial charge in [-0.3, -0.25) is 0 Å². The maximum atomic E-state index is 6.25. The zero-order chi connectivity index (χ0) is 40.4. The second kappa shape index (κ2) is 15.2. The van der Waals surface area contributed by atoms with Crippen LogP contribution in [0.2, 0.25) is 0 Å². The molecule has 13 rings (SSSR count). The first-order valence-electron chi connectivity index (χ1n) is 23.4. The van der Waals surface area contributed by atoms with Gasteiger partial charge in [0, 0.05) is 15.2 Å². The van der Waals surface area contributed by atoms with Crippen LogP contribution in [0.25, 0.3) is 55.3 Å². The van der Waals surface area contributed by atoms with Crippen LogP contribution in [0.3, 0.4) is 0 Å². The topological polar surface area (TPSA) is 13.1 Å². The van der Waals surface area contributed by atoms with Crippen LogP contribution in [0.5, 0.6) is 0 Å². The van der Waals surface area contributed by atoms with Gasteiger partial charge in [0.15, 0.2) is 0 Å². The summed E-state index contributed by atoms with van der Waals surface area (Å²) >= 11 is 3.58. The molecule has 0 atom stereocenters. The molecular formula is C58H59BrO. The Morgan fingerprint density at radius 2 is 0.767 bits per heavy atom. The first-order valence-corrected chi connectivity index (χ1v) is 24.2. The van der Waals surface area contributed by atoms with Crippen molar-refractivity contribution in [3.63, 3.8) is 0 Å². The second-order valence-electron chi connectivity index (χ2n) is 19.9. The largest absolute Gasteiger partial charge is 0.456 e. The summed E-state index contributed by atoms with van der Waals surface area (Å²) in [5.74, 6) is 0. The minimum atomic E-state index is 0.310. The molecule has 7 aromatic rings. The van der Waals surface area contributed by atoms with Crippen molar-refractivity contribution in [3.05, 3.63) is 155 Å². The average molecular weight is 852 g/mol. The zero-order valence-corrected chi connectivity index (χ0v) is 37.1. The molecule has 4 bridgehead atoms. The van der Waals surface area contributed by atoms with Crippen LogP contribution in [0.15, 0.2) is 142 Å². The van der Waals surface area contributed by atoms with Gasteiger partial charge in [0.2, 0.25) is 0 Å². The van der Waals surface area contributed by atoms with E-state index >= 15 is 0 Å². The van der Waals surface area contributed by atoms with Crippen molar-refractivity contribution in [1.29, 1.82) is 0 Å². The number of rotatable bonds is 11. The summed E-state index contributed by atoms with van der Waals surface area (Å²) < 4.78 is 7.29. The summed E-state index contributed by atoms with van der Waals surface area (Å²) in [6.07, 6.45) is 23.3. The number of furan rings is 1. The fourth-order valence-electron chi connectivity index (χ4n) is 12.9. The number of unbranched alkanes of at least 4 members (excludes halogenated alkanes) is 3. The molecule has 6 aromatic carbocycles. The first kappa shape index (κ1) is 38.5. The van der Waals surface area contributed by atoms with Crippen molar-refractivity contribution in [3.8, 4) is 33.4 Å². The molecule has 304 valence electrons. The molecule has 6 aliphatic rings. The van der Waals surface area contributed by atoms with Gasteiger partial charge in [-0.1, -0.05) is 152 Å². The number of hydrogen-bond donors (Lipinski definition) is 0. The standard InChI is InChI=1S/C58H59BrO/c1-2-3-4-5-26-55-27-30-56(31-28-55,32-29-55)47-17-10-43(11-18-47)41-6-8-42(9-7-41)44-12-19-48(20-13-44)57-33-36-58(37-34-57,38-35-57)49-21-14-45(15-22-49)46-16-24-51-52-25-23-50(59)40-54(52)60-53(51)39-46/h6-25,39-40H,2-5,26-38H2,1H3. The predicted molar refractivity (Wildman–Crippen MR) is 256 cm³/mol. The van der Waals surface area contributed by atoms with E-state index in [9.17, 15) is 0 Å². The highest BCUT2D eigenvalue weighted by Gasteiger charge is 2.50. The van der Waals surface area contributed by atoms with Gasteiger partial charge in [-0.05, 0) is 186 Å². The summed E-state index contributed by atoms with van der Waals surface area (Å²) in [6.45, 7) is 2.33. The monoisotopic (exact) mass is 850 g/mol. The molecule has 1 nitrogen and oxygen atoms in total. The van der Waals surface area contributed by atoms with Crippen LogP contribution in [-0.4, -0.2) is 0 Å². The van der Waals surface area contributed by atoms with Crippen LogP contribution < -0.4 is 0 Å². The molecule has 6 aliphatic carbocycles. The summed E-state index contributed by atoms with van der Waals surface area (Å²) in [6, 6.07) is 51.2. The van der Waals surface area contributed by atoms with E-state index < -0.39 is 0 Å². The highest BCUT2D eigenvalue weighted by atomic mass is 79.9. The van der Waals surface area contributed by atoms with Crippen molar-refractivity contribution in [1.82, 2.24) is 0 Å². The number of hydrogen-bond acceptors (Lipinski definition) is 1. The molecule has 6 saturated carbocycles. The van der Waals surface area contributed by atoms with E-state index in [2.05, 4.69) is 156 Å². The Balaban J connectivity index is 0.719. The summed E-state index contributed by atoms with van der Waals surface area (Å²) in [7, 11) is 0. The van der Waals surface area contributed by atoms with Gasteiger partial charge >= 0.3 is 0 Å². The fraction of sp³-hybridized carbons (Fsp3) is 0.379. The van der Waals surface area contributed by atoms with Crippen LogP contribution >= 0.6 is 15.9 Å². The molecule has 2 heteroatoms. The summed E-state index contributed by atoms with van der Waals surface area (Å²) in [4.78, 5) is 0. The quantitative estimate of drug-likeness (QED) is 0.118. The summed E-state index contributed by atoms with van der Waals surface area (Å²) in [5, 5.41) is 2.34. The Labute approximate surface area is 366 Å². The molecule has 0 unspecified atom stereocenters. The minimum Gasteiger partial charge on any atom is -0.456 e. The van der Waals surface area contributed by atoms with Gasteiger partial charge in [0.05, 0.1) is 0 Å². The van der Waals surface area contributed by atoms with Gasteiger partial charge in [-0.25, -0.2) is 0 Å². The zero-order valence-electron chi connectivity index (χ0n) is 35.5. The SMILES string of the molecule is CCCCCCC12CCC(c3ccc(-c4ccc(-c5ccc(C67CCC(c8ccc(-c9ccc%10c(c9)oc9cc(Br)ccc9%10)cc8)(CC6)CC7)cc5)cc4)cc3)(CC1)CC2. The molecule has 1 heterocycles. The highest BCUT2D eigenvalue weighted by molar-refractivity contribution is 9.10. The smallest absolute Gasteiger partial charge is 0.136 e. The molecule has 60 heavy (non-hydrogen) atoms. The van der Waals surface area contributed by atoms with Crippen molar-refractivity contribution < 1.29 is 4.42 Å². The Hall–Kier alpha value is -4.40. The second-order valence-corrected chi connectivity index (χ2v) is 20.8. The maximum absolute atomic E-state index is 6.25. The molecule has 1 aromatic heterocycles. The van der Waals surface area contributed by atoms with Gasteiger partial charge in [0.25, 0.3) is 0 Å². The third-order valence-electron chi connectivity index (χ3n) is 17.0. The lowest BCUT2D eigenvalue weighted by Crippen LogP contribution is -2.46. The van der Waals surface area contributed by atoms with Gasteiger partial charge in [0.1, 0.15) is 11.2 Å². The van der Waals surface area contributed by atoms with Crippen LogP contribution in [0, 0.1) is 5.41 Å². The normalized spacial score (nSPS) is 26.0. The fourth-order valence-corrected chi connectivity index (χ4v) is 13.2. The third-order valence-corrected chi connectivity index (χ3v) is 17.5. The Bertz CT molecular complexity index is 2590. The lowest BCUT2D eigenvalue weighted by molar-refractivity contribution is 0.0305. The molecule has 0 saturated heterocycles. The molecular weight excluding hydrogens is 793 g/mol. The van der Waals surface area contributed by atoms with Crippen molar-refractivity contribution in [2.45, 2.75) is 132 Å². The average Bonchev–Trinajstić information content (AvgIpc) is 3.69. The Morgan fingerprint density at radius 1 is 0.400 bits per heavy atom. The van der Waals surface area contributed by atoms with E-state index in [0.29, 0.717) is 21.7 Å². The maximum Gasteiger partial charge on any atom is 0.136 e. The minimum absolute atomic E-state index is 0.310. The molecule has 0 amide bonds. The Morgan fingerprint density at radius 3 is 1.22 bits per heavy atom. The molecule has 0 N–H and O–H groups in total. The highest BCUT2D eigenvalue weighted by Crippen LogP contribution is 2.60. The molecule has 6 fully saturated rings. The van der Waals surface area contributed by atoms with Crippen LogP contribution in [-0.2, 0) is 16.2 Å². The van der Waals surface area contributed by atoms with Crippen molar-refractivity contribution in [2.24, 2.45) is 5.41 Å². The van der Waals surface area contributed by atoms with E-state index in [4.69, 9.17) is 4.42 Å². The van der Waals surface area contributed by atoms with E-state index in [0.717, 1.165) is 15.6 Å². The van der Waals surface area contributed by atoms with E-state index in [1.807, 2.05) is 0 Å². The lowest BCUT2D eigenvalue weighted by Gasteiger charge is -2.54.